The van der Waals surface area contributed by atoms with Gasteiger partial charge in [0.05, 0.1) is 20.8 Å². The first-order chi connectivity index (χ1) is 8.40. The van der Waals surface area contributed by atoms with Crippen LogP contribution in [0.2, 0.25) is 0 Å². The number of ether oxygens (including phenoxy) is 3. The van der Waals surface area contributed by atoms with Crippen molar-refractivity contribution >= 4 is 18.0 Å². The van der Waals surface area contributed by atoms with Gasteiger partial charge in [0.1, 0.15) is 13.1 Å². The molecule has 0 aromatic rings. The molecule has 0 aromatic heterocycles. The lowest BCUT2D eigenvalue weighted by molar-refractivity contribution is -0.145. The predicted molar refractivity (Wildman–Crippen MR) is 61.8 cm³/mol. The van der Waals surface area contributed by atoms with Gasteiger partial charge >= 0.3 is 18.0 Å². The number of rotatable bonds is 6. The van der Waals surface area contributed by atoms with Crippen LogP contribution in [0.15, 0.2) is 0 Å². The summed E-state index contributed by atoms with van der Waals surface area (Å²) < 4.78 is 13.8. The third-order valence-corrected chi connectivity index (χ3v) is 1.89. The number of esters is 2. The van der Waals surface area contributed by atoms with Crippen LogP contribution in [0.4, 0.5) is 4.79 Å². The predicted octanol–water partition coefficient (Wildman–Crippen LogP) is 0.427. The molecule has 0 spiro atoms. The molecule has 0 saturated heterocycles. The highest BCUT2D eigenvalue weighted by Gasteiger charge is 2.22. The van der Waals surface area contributed by atoms with E-state index in [-0.39, 0.29) is 25.6 Å². The van der Waals surface area contributed by atoms with Gasteiger partial charge in [-0.2, -0.15) is 0 Å². The summed E-state index contributed by atoms with van der Waals surface area (Å²) in [5.41, 5.74) is 0. The smallest absolute Gasteiger partial charge is 0.410 e. The Morgan fingerprint density at radius 1 is 1.00 bits per heavy atom. The van der Waals surface area contributed by atoms with Gasteiger partial charge in [-0.3, -0.25) is 14.5 Å². The van der Waals surface area contributed by atoms with E-state index < -0.39 is 18.0 Å². The van der Waals surface area contributed by atoms with Crippen molar-refractivity contribution in [3.63, 3.8) is 0 Å². The van der Waals surface area contributed by atoms with Crippen molar-refractivity contribution in [2.45, 2.75) is 13.8 Å². The molecule has 1 amide bonds. The largest absolute Gasteiger partial charge is 0.468 e. The highest BCUT2D eigenvalue weighted by atomic mass is 16.6. The first kappa shape index (κ1) is 16.2. The van der Waals surface area contributed by atoms with Crippen LogP contribution in [-0.4, -0.2) is 56.8 Å². The summed E-state index contributed by atoms with van der Waals surface area (Å²) in [6.45, 7) is 3.24. The summed E-state index contributed by atoms with van der Waals surface area (Å²) >= 11 is 0. The fourth-order valence-electron chi connectivity index (χ4n) is 0.955. The van der Waals surface area contributed by atoms with E-state index >= 15 is 0 Å². The van der Waals surface area contributed by atoms with Crippen molar-refractivity contribution < 1.29 is 28.6 Å². The Bertz CT molecular complexity index is 284. The Hall–Kier alpha value is -1.79. The Balaban J connectivity index is 4.48. The van der Waals surface area contributed by atoms with Crippen LogP contribution in [0.25, 0.3) is 0 Å². The topological polar surface area (TPSA) is 82.1 Å². The summed E-state index contributed by atoms with van der Waals surface area (Å²) in [6, 6.07) is 0. The van der Waals surface area contributed by atoms with Crippen LogP contribution in [0.5, 0.6) is 0 Å². The van der Waals surface area contributed by atoms with Crippen molar-refractivity contribution in [3.05, 3.63) is 0 Å². The third-order valence-electron chi connectivity index (χ3n) is 1.89. The van der Waals surface area contributed by atoms with E-state index in [4.69, 9.17) is 4.74 Å². The van der Waals surface area contributed by atoms with Crippen LogP contribution in [-0.2, 0) is 23.8 Å². The standard InChI is InChI=1S/C11H19NO6/c1-8(2)7-18-11(15)12(5-9(13)16-3)6-10(14)17-4/h8H,5-7H2,1-4H3. The lowest BCUT2D eigenvalue weighted by Crippen LogP contribution is -2.40. The second-order valence-electron chi connectivity index (χ2n) is 3.98. The molecule has 0 fully saturated rings. The molecule has 0 bridgehead atoms. The molecule has 7 heteroatoms. The maximum atomic E-state index is 11.6. The van der Waals surface area contributed by atoms with E-state index in [1.165, 1.54) is 14.2 Å². The average Bonchev–Trinajstić information content (AvgIpc) is 2.34. The monoisotopic (exact) mass is 261 g/mol. The Labute approximate surface area is 106 Å². The van der Waals surface area contributed by atoms with Gasteiger partial charge in [0.15, 0.2) is 0 Å². The minimum absolute atomic E-state index is 0.159. The van der Waals surface area contributed by atoms with Gasteiger partial charge in [-0.1, -0.05) is 13.8 Å². The maximum absolute atomic E-state index is 11.6. The Morgan fingerprint density at radius 2 is 1.44 bits per heavy atom. The number of amides is 1. The number of carbonyl (C=O) groups excluding carboxylic acids is 3. The molecular formula is C11H19NO6. The number of methoxy groups -OCH3 is 2. The van der Waals surface area contributed by atoms with Crippen molar-refractivity contribution in [2.75, 3.05) is 33.9 Å². The van der Waals surface area contributed by atoms with E-state index in [0.717, 1.165) is 4.90 Å². The lowest BCUT2D eigenvalue weighted by Gasteiger charge is -2.20. The zero-order valence-electron chi connectivity index (χ0n) is 11.1. The van der Waals surface area contributed by atoms with Crippen molar-refractivity contribution in [2.24, 2.45) is 5.92 Å². The van der Waals surface area contributed by atoms with E-state index in [1.54, 1.807) is 0 Å². The van der Waals surface area contributed by atoms with E-state index in [9.17, 15) is 14.4 Å². The average molecular weight is 261 g/mol. The summed E-state index contributed by atoms with van der Waals surface area (Å²) in [5.74, 6) is -1.12. The number of hydrogen-bond acceptors (Lipinski definition) is 6. The van der Waals surface area contributed by atoms with Crippen LogP contribution in [0, 0.1) is 5.92 Å². The van der Waals surface area contributed by atoms with Gasteiger partial charge in [-0.15, -0.1) is 0 Å². The summed E-state index contributed by atoms with van der Waals surface area (Å²) in [4.78, 5) is 34.8. The molecule has 0 atom stereocenters. The SMILES string of the molecule is COC(=O)CN(CC(=O)OC)C(=O)OCC(C)C. The van der Waals surface area contributed by atoms with E-state index in [1.807, 2.05) is 13.8 Å². The molecule has 0 aliphatic carbocycles. The number of carbonyl (C=O) groups is 3. The fourth-order valence-corrected chi connectivity index (χ4v) is 0.955. The lowest BCUT2D eigenvalue weighted by atomic mass is 10.2. The van der Waals surface area contributed by atoms with Crippen LogP contribution >= 0.6 is 0 Å². The van der Waals surface area contributed by atoms with Crippen molar-refractivity contribution in [1.82, 2.24) is 4.90 Å². The molecule has 0 saturated carbocycles. The molecule has 0 rings (SSSR count). The molecule has 0 unspecified atom stereocenters. The highest BCUT2D eigenvalue weighted by molar-refractivity contribution is 5.82. The van der Waals surface area contributed by atoms with Gasteiger partial charge < -0.3 is 14.2 Å². The summed E-state index contributed by atoms with van der Waals surface area (Å²) in [5, 5.41) is 0. The van der Waals surface area contributed by atoms with E-state index in [2.05, 4.69) is 9.47 Å². The first-order valence-electron chi connectivity index (χ1n) is 5.46. The van der Waals surface area contributed by atoms with Gasteiger partial charge in [0, 0.05) is 0 Å². The number of hydrogen-bond donors (Lipinski definition) is 0. The minimum atomic E-state index is -0.750. The molecule has 0 N–H and O–H groups in total. The Morgan fingerprint density at radius 3 is 1.78 bits per heavy atom. The van der Waals surface area contributed by atoms with E-state index in [0.29, 0.717) is 0 Å². The Kier molecular flexibility index (Phi) is 7.50. The molecule has 0 aliphatic rings. The molecule has 7 nitrogen and oxygen atoms in total. The van der Waals surface area contributed by atoms with Crippen molar-refractivity contribution in [1.29, 1.82) is 0 Å². The first-order valence-corrected chi connectivity index (χ1v) is 5.46. The maximum Gasteiger partial charge on any atom is 0.410 e. The van der Waals surface area contributed by atoms with Crippen LogP contribution in [0.1, 0.15) is 13.8 Å². The molecule has 0 aliphatic heterocycles. The number of nitrogens with zero attached hydrogens (tertiary/aromatic N) is 1. The van der Waals surface area contributed by atoms with Gasteiger partial charge in [-0.05, 0) is 5.92 Å². The molecular weight excluding hydrogens is 242 g/mol. The van der Waals surface area contributed by atoms with Gasteiger partial charge in [0.25, 0.3) is 0 Å². The van der Waals surface area contributed by atoms with Crippen LogP contribution in [0.3, 0.4) is 0 Å². The summed E-state index contributed by atoms with van der Waals surface area (Å²) in [7, 11) is 2.39. The normalized spacial score (nSPS) is 9.83. The molecule has 18 heavy (non-hydrogen) atoms. The molecule has 0 heterocycles. The minimum Gasteiger partial charge on any atom is -0.468 e. The second kappa shape index (κ2) is 8.32. The zero-order valence-corrected chi connectivity index (χ0v) is 11.1. The third kappa shape index (κ3) is 6.72. The highest BCUT2D eigenvalue weighted by Crippen LogP contribution is 2.00. The molecule has 0 aromatic carbocycles. The fraction of sp³-hybridized carbons (Fsp3) is 0.727. The second-order valence-corrected chi connectivity index (χ2v) is 3.98. The zero-order chi connectivity index (χ0) is 14.1. The van der Waals surface area contributed by atoms with Gasteiger partial charge in [0.2, 0.25) is 0 Å². The van der Waals surface area contributed by atoms with Crippen molar-refractivity contribution in [3.8, 4) is 0 Å². The quantitative estimate of drug-likeness (QED) is 0.509. The molecule has 104 valence electrons. The molecule has 0 radical (unpaired) electrons. The van der Waals surface area contributed by atoms with Crippen LogP contribution < -0.4 is 0 Å². The van der Waals surface area contributed by atoms with Gasteiger partial charge in [-0.25, -0.2) is 4.79 Å². The summed E-state index contributed by atoms with van der Waals surface area (Å²) in [6.07, 6.45) is -0.750.